The molecule has 0 atom stereocenters. The number of anilines is 3. The van der Waals surface area contributed by atoms with Gasteiger partial charge in [0.15, 0.2) is 0 Å². The van der Waals surface area contributed by atoms with Crippen LogP contribution in [0.15, 0.2) is 38.6 Å². The Bertz CT molecular complexity index is 1240. The van der Waals surface area contributed by atoms with Gasteiger partial charge in [0.05, 0.1) is 23.9 Å². The number of hydrogen-bond donors (Lipinski definition) is 2. The van der Waals surface area contributed by atoms with E-state index in [1.54, 1.807) is 43.2 Å². The van der Waals surface area contributed by atoms with E-state index >= 15 is 0 Å². The minimum atomic E-state index is -0.545. The number of ether oxygens (including phenoxy) is 1. The van der Waals surface area contributed by atoms with Gasteiger partial charge in [-0.15, -0.1) is 0 Å². The normalized spacial score (nSPS) is 12.5. The predicted molar refractivity (Wildman–Crippen MR) is 99.5 cm³/mol. The van der Waals surface area contributed by atoms with Gasteiger partial charge >= 0.3 is 5.69 Å². The van der Waals surface area contributed by atoms with Gasteiger partial charge in [-0.1, -0.05) is 6.07 Å². The van der Waals surface area contributed by atoms with Crippen molar-refractivity contribution in [3.8, 4) is 5.75 Å². The maximum atomic E-state index is 12.7. The fraction of sp³-hybridized carbons (Fsp3) is 0.222. The molecule has 1 aliphatic rings. The Balaban J connectivity index is 2.10. The summed E-state index contributed by atoms with van der Waals surface area (Å²) in [5, 5.41) is 0. The molecule has 0 spiro atoms. The molecule has 0 radical (unpaired) electrons. The average molecular weight is 367 g/mol. The summed E-state index contributed by atoms with van der Waals surface area (Å²) < 4.78 is 6.27. The third-order valence-electron chi connectivity index (χ3n) is 4.59. The number of benzene rings is 1. The van der Waals surface area contributed by atoms with Gasteiger partial charge in [0, 0.05) is 19.5 Å². The van der Waals surface area contributed by atoms with Crippen LogP contribution in [0.4, 0.5) is 17.3 Å². The van der Waals surface area contributed by atoms with E-state index in [0.717, 1.165) is 4.57 Å². The first-order chi connectivity index (χ1) is 12.9. The number of fused-ring (bicyclic) bond motifs is 2. The van der Waals surface area contributed by atoms with Crippen molar-refractivity contribution in [2.75, 3.05) is 12.0 Å². The van der Waals surface area contributed by atoms with E-state index in [4.69, 9.17) is 4.74 Å². The molecule has 9 nitrogen and oxygen atoms in total. The molecule has 2 aromatic heterocycles. The summed E-state index contributed by atoms with van der Waals surface area (Å²) in [6.45, 7) is 1.67. The Hall–Kier alpha value is -3.62. The van der Waals surface area contributed by atoms with Crippen molar-refractivity contribution in [2.45, 2.75) is 13.3 Å². The molecule has 138 valence electrons. The molecule has 1 aliphatic heterocycles. The minimum Gasteiger partial charge on any atom is -0.497 e. The SMILES string of the molecule is COc1cccc(N2c3nc(C)[nH]c(=O)c3Cc3c2[nH]c(=O)n(C)c3=O)c1. The molecule has 0 saturated carbocycles. The highest BCUT2D eigenvalue weighted by atomic mass is 16.5. The number of aromatic nitrogens is 4. The third-order valence-corrected chi connectivity index (χ3v) is 4.59. The highest BCUT2D eigenvalue weighted by Crippen LogP contribution is 2.39. The van der Waals surface area contributed by atoms with Gasteiger partial charge in [-0.2, -0.15) is 0 Å². The lowest BCUT2D eigenvalue weighted by Crippen LogP contribution is -2.40. The van der Waals surface area contributed by atoms with Crippen LogP contribution in [0.1, 0.15) is 17.0 Å². The first-order valence-electron chi connectivity index (χ1n) is 8.27. The van der Waals surface area contributed by atoms with Gasteiger partial charge in [-0.25, -0.2) is 9.78 Å². The zero-order valence-corrected chi connectivity index (χ0v) is 15.0. The number of aryl methyl sites for hydroxylation is 1. The van der Waals surface area contributed by atoms with E-state index in [1.165, 1.54) is 7.05 Å². The van der Waals surface area contributed by atoms with Crippen LogP contribution >= 0.6 is 0 Å². The van der Waals surface area contributed by atoms with Crippen molar-refractivity contribution in [2.24, 2.45) is 7.05 Å². The van der Waals surface area contributed by atoms with Gasteiger partial charge in [-0.3, -0.25) is 24.0 Å². The summed E-state index contributed by atoms with van der Waals surface area (Å²) in [5.74, 6) is 1.71. The summed E-state index contributed by atoms with van der Waals surface area (Å²) >= 11 is 0. The topological polar surface area (TPSA) is 113 Å². The van der Waals surface area contributed by atoms with Gasteiger partial charge in [0.1, 0.15) is 23.2 Å². The summed E-state index contributed by atoms with van der Waals surface area (Å²) in [5.41, 5.74) is -0.0187. The highest BCUT2D eigenvalue weighted by Gasteiger charge is 2.31. The molecule has 0 bridgehead atoms. The van der Waals surface area contributed by atoms with Crippen LogP contribution in [0.3, 0.4) is 0 Å². The second-order valence-electron chi connectivity index (χ2n) is 6.29. The molecule has 9 heteroatoms. The van der Waals surface area contributed by atoms with Gasteiger partial charge in [-0.05, 0) is 19.1 Å². The first kappa shape index (κ1) is 16.8. The fourth-order valence-electron chi connectivity index (χ4n) is 3.23. The summed E-state index contributed by atoms with van der Waals surface area (Å²) in [6.07, 6.45) is 0.0806. The molecule has 4 rings (SSSR count). The molecule has 0 unspecified atom stereocenters. The van der Waals surface area contributed by atoms with Crippen molar-refractivity contribution in [3.05, 3.63) is 72.4 Å². The monoisotopic (exact) mass is 367 g/mol. The van der Waals surface area contributed by atoms with E-state index in [-0.39, 0.29) is 12.0 Å². The Morgan fingerprint density at radius 1 is 1.15 bits per heavy atom. The quantitative estimate of drug-likeness (QED) is 0.543. The lowest BCUT2D eigenvalue weighted by molar-refractivity contribution is 0.415. The van der Waals surface area contributed by atoms with Gasteiger partial charge < -0.3 is 9.72 Å². The molecule has 0 fully saturated rings. The zero-order valence-electron chi connectivity index (χ0n) is 15.0. The van der Waals surface area contributed by atoms with Crippen molar-refractivity contribution in [1.82, 2.24) is 19.5 Å². The lowest BCUT2D eigenvalue weighted by Gasteiger charge is -2.31. The smallest absolute Gasteiger partial charge is 0.329 e. The molecule has 2 N–H and O–H groups in total. The van der Waals surface area contributed by atoms with E-state index in [9.17, 15) is 14.4 Å². The summed E-state index contributed by atoms with van der Waals surface area (Å²) in [7, 11) is 2.94. The van der Waals surface area contributed by atoms with Crippen LogP contribution in [-0.2, 0) is 13.5 Å². The molecule has 27 heavy (non-hydrogen) atoms. The van der Waals surface area contributed by atoms with Crippen molar-refractivity contribution in [3.63, 3.8) is 0 Å². The highest BCUT2D eigenvalue weighted by molar-refractivity contribution is 5.79. The van der Waals surface area contributed by atoms with Gasteiger partial charge in [0.25, 0.3) is 11.1 Å². The molecular weight excluding hydrogens is 350 g/mol. The van der Waals surface area contributed by atoms with E-state index in [1.807, 2.05) is 0 Å². The van der Waals surface area contributed by atoms with Crippen molar-refractivity contribution >= 4 is 17.3 Å². The number of nitrogens with one attached hydrogen (secondary N) is 2. The molecule has 0 aliphatic carbocycles. The van der Waals surface area contributed by atoms with Gasteiger partial charge in [0.2, 0.25) is 0 Å². The largest absolute Gasteiger partial charge is 0.497 e. The van der Waals surface area contributed by atoms with E-state index < -0.39 is 11.2 Å². The number of nitrogens with zero attached hydrogens (tertiary/aromatic N) is 3. The second-order valence-corrected chi connectivity index (χ2v) is 6.29. The van der Waals surface area contributed by atoms with Crippen LogP contribution in [0.2, 0.25) is 0 Å². The van der Waals surface area contributed by atoms with Crippen LogP contribution < -0.4 is 26.4 Å². The number of H-pyrrole nitrogens is 2. The van der Waals surface area contributed by atoms with Crippen LogP contribution in [-0.4, -0.2) is 26.6 Å². The maximum Gasteiger partial charge on any atom is 0.329 e. The van der Waals surface area contributed by atoms with Crippen LogP contribution in [0.25, 0.3) is 0 Å². The standard InChI is InChI=1S/C18H17N5O4/c1-9-19-14-12(16(24)20-9)8-13-15(21-18(26)22(2)17(13)25)23(14)10-5-4-6-11(7-10)27-3/h4-7H,8H2,1-3H3,(H,21,26)(H,19,20,24). The van der Waals surface area contributed by atoms with E-state index in [2.05, 4.69) is 15.0 Å². The number of methoxy groups -OCH3 is 1. The van der Waals surface area contributed by atoms with Crippen LogP contribution in [0.5, 0.6) is 5.75 Å². The summed E-state index contributed by atoms with van der Waals surface area (Å²) in [6, 6.07) is 7.09. The number of rotatable bonds is 2. The Labute approximate surface area is 152 Å². The molecule has 3 heterocycles. The minimum absolute atomic E-state index is 0.0806. The first-order valence-corrected chi connectivity index (χ1v) is 8.27. The van der Waals surface area contributed by atoms with Crippen LogP contribution in [0, 0.1) is 6.92 Å². The number of hydrogen-bond acceptors (Lipinski definition) is 6. The lowest BCUT2D eigenvalue weighted by atomic mass is 10.0. The van der Waals surface area contributed by atoms with Crippen molar-refractivity contribution in [1.29, 1.82) is 0 Å². The van der Waals surface area contributed by atoms with Crippen molar-refractivity contribution < 1.29 is 4.74 Å². The Morgan fingerprint density at radius 2 is 1.93 bits per heavy atom. The second kappa shape index (κ2) is 5.97. The molecule has 1 aromatic carbocycles. The molecule has 0 saturated heterocycles. The Kier molecular flexibility index (Phi) is 3.72. The summed E-state index contributed by atoms with van der Waals surface area (Å²) in [4.78, 5) is 48.9. The molecule has 0 amide bonds. The van der Waals surface area contributed by atoms with E-state index in [0.29, 0.717) is 40.0 Å². The molecular formula is C18H17N5O4. The zero-order chi connectivity index (χ0) is 19.3. The fourth-order valence-corrected chi connectivity index (χ4v) is 3.23. The molecule has 3 aromatic rings. The number of aromatic amines is 2. The Morgan fingerprint density at radius 3 is 2.67 bits per heavy atom. The third kappa shape index (κ3) is 2.55. The average Bonchev–Trinajstić information content (AvgIpc) is 2.65. The maximum absolute atomic E-state index is 12.7. The predicted octanol–water partition coefficient (Wildman–Crippen LogP) is 0.848.